The number of carbonyl (C=O) groups excluding carboxylic acids is 3. The molecule has 180 valence electrons. The van der Waals surface area contributed by atoms with Gasteiger partial charge in [0, 0.05) is 45.1 Å². The minimum absolute atomic E-state index is 0.0190. The second-order valence-corrected chi connectivity index (χ2v) is 9.38. The maximum Gasteiger partial charge on any atom is 0.245 e. The number of anilines is 1. The van der Waals surface area contributed by atoms with Gasteiger partial charge in [-0.25, -0.2) is 15.0 Å². The Morgan fingerprint density at radius 2 is 1.94 bits per heavy atom. The zero-order valence-electron chi connectivity index (χ0n) is 19.3. The second kappa shape index (κ2) is 10.5. The Balaban J connectivity index is 1.40. The lowest BCUT2D eigenvalue weighted by molar-refractivity contribution is -0.159. The van der Waals surface area contributed by atoms with E-state index < -0.39 is 12.0 Å². The van der Waals surface area contributed by atoms with Crippen molar-refractivity contribution in [3.63, 3.8) is 0 Å². The van der Waals surface area contributed by atoms with E-state index in [2.05, 4.69) is 21.8 Å². The van der Waals surface area contributed by atoms with Crippen LogP contribution < -0.4 is 4.90 Å². The SMILES string of the molecule is CCCCC[C@H](CN(O)C=O)C(=O)N1C[C@@H]2C[C@@H]2[C@H]1C(=O)N1CCN(c2ncccn2)CC1. The van der Waals surface area contributed by atoms with E-state index in [1.165, 1.54) is 0 Å². The Kier molecular flexibility index (Phi) is 7.42. The molecule has 2 aliphatic heterocycles. The highest BCUT2D eigenvalue weighted by atomic mass is 16.5. The highest BCUT2D eigenvalue weighted by molar-refractivity contribution is 5.90. The summed E-state index contributed by atoms with van der Waals surface area (Å²) < 4.78 is 0. The van der Waals surface area contributed by atoms with E-state index in [4.69, 9.17) is 0 Å². The van der Waals surface area contributed by atoms with Gasteiger partial charge in [-0.1, -0.05) is 26.2 Å². The lowest BCUT2D eigenvalue weighted by atomic mass is 9.98. The summed E-state index contributed by atoms with van der Waals surface area (Å²) in [5.41, 5.74) is 0. The second-order valence-electron chi connectivity index (χ2n) is 9.38. The fourth-order valence-corrected chi connectivity index (χ4v) is 5.21. The van der Waals surface area contributed by atoms with Crippen molar-refractivity contribution in [2.75, 3.05) is 44.2 Å². The maximum atomic E-state index is 13.5. The van der Waals surface area contributed by atoms with Gasteiger partial charge in [0.1, 0.15) is 6.04 Å². The van der Waals surface area contributed by atoms with Gasteiger partial charge < -0.3 is 14.7 Å². The van der Waals surface area contributed by atoms with Crippen LogP contribution in [0.2, 0.25) is 0 Å². The molecule has 0 spiro atoms. The number of hydroxylamine groups is 2. The van der Waals surface area contributed by atoms with Crippen molar-refractivity contribution < 1.29 is 19.6 Å². The molecular formula is C23H34N6O4. The Morgan fingerprint density at radius 1 is 1.21 bits per heavy atom. The average molecular weight is 459 g/mol. The first kappa shape index (κ1) is 23.4. The van der Waals surface area contributed by atoms with E-state index in [1.54, 1.807) is 23.4 Å². The van der Waals surface area contributed by atoms with Gasteiger partial charge in [0.05, 0.1) is 12.5 Å². The van der Waals surface area contributed by atoms with Gasteiger partial charge in [-0.05, 0) is 30.7 Å². The van der Waals surface area contributed by atoms with Crippen LogP contribution in [0, 0.1) is 17.8 Å². The van der Waals surface area contributed by atoms with Crippen LogP contribution >= 0.6 is 0 Å². The van der Waals surface area contributed by atoms with Gasteiger partial charge in [0.25, 0.3) is 0 Å². The van der Waals surface area contributed by atoms with Gasteiger partial charge >= 0.3 is 0 Å². The van der Waals surface area contributed by atoms with Crippen molar-refractivity contribution in [1.29, 1.82) is 0 Å². The molecule has 4 rings (SSSR count). The van der Waals surface area contributed by atoms with Gasteiger partial charge in [0.2, 0.25) is 24.2 Å². The molecule has 0 radical (unpaired) electrons. The highest BCUT2D eigenvalue weighted by Gasteiger charge is 2.58. The number of amides is 3. The van der Waals surface area contributed by atoms with Gasteiger partial charge in [-0.15, -0.1) is 0 Å². The summed E-state index contributed by atoms with van der Waals surface area (Å²) in [6, 6.07) is 1.35. The fourth-order valence-electron chi connectivity index (χ4n) is 5.21. The van der Waals surface area contributed by atoms with Crippen molar-refractivity contribution in [2.45, 2.75) is 45.1 Å². The number of piperazine rings is 1. The van der Waals surface area contributed by atoms with Crippen LogP contribution in [-0.4, -0.2) is 93.6 Å². The predicted molar refractivity (Wildman–Crippen MR) is 120 cm³/mol. The van der Waals surface area contributed by atoms with Crippen molar-refractivity contribution in [3.8, 4) is 0 Å². The number of piperidine rings is 1. The average Bonchev–Trinajstić information content (AvgIpc) is 3.52. The first-order valence-corrected chi connectivity index (χ1v) is 12.1. The maximum absolute atomic E-state index is 13.5. The molecule has 2 saturated heterocycles. The molecule has 1 aromatic rings. The predicted octanol–water partition coefficient (Wildman–Crippen LogP) is 1.02. The van der Waals surface area contributed by atoms with Gasteiger partial charge in [0.15, 0.2) is 0 Å². The molecule has 10 nitrogen and oxygen atoms in total. The number of hydrogen-bond acceptors (Lipinski definition) is 7. The molecule has 0 aromatic carbocycles. The molecule has 3 fully saturated rings. The molecule has 3 aliphatic rings. The molecule has 3 heterocycles. The third-order valence-electron chi connectivity index (χ3n) is 7.15. The number of hydrogen-bond donors (Lipinski definition) is 1. The first-order chi connectivity index (χ1) is 16.0. The summed E-state index contributed by atoms with van der Waals surface area (Å²) >= 11 is 0. The van der Waals surface area contributed by atoms with Crippen molar-refractivity contribution in [1.82, 2.24) is 24.8 Å². The van der Waals surface area contributed by atoms with E-state index in [1.807, 2.05) is 4.90 Å². The summed E-state index contributed by atoms with van der Waals surface area (Å²) in [6.45, 7) is 5.10. The monoisotopic (exact) mass is 458 g/mol. The Labute approximate surface area is 194 Å². The molecule has 1 N–H and O–H groups in total. The lowest BCUT2D eigenvalue weighted by Gasteiger charge is -2.38. The summed E-state index contributed by atoms with van der Waals surface area (Å²) in [6.07, 6.45) is 8.20. The smallest absolute Gasteiger partial charge is 0.245 e. The summed E-state index contributed by atoms with van der Waals surface area (Å²) in [5.74, 6) is 0.688. The molecule has 1 saturated carbocycles. The number of aromatic nitrogens is 2. The van der Waals surface area contributed by atoms with Crippen LogP contribution in [-0.2, 0) is 14.4 Å². The number of fused-ring (bicyclic) bond motifs is 1. The minimum atomic E-state index is -0.494. The minimum Gasteiger partial charge on any atom is -0.337 e. The van der Waals surface area contributed by atoms with Crippen LogP contribution in [0.3, 0.4) is 0 Å². The summed E-state index contributed by atoms with van der Waals surface area (Å²) in [7, 11) is 0. The van der Waals surface area contributed by atoms with Crippen molar-refractivity contribution >= 4 is 24.2 Å². The molecule has 0 bridgehead atoms. The molecule has 10 heteroatoms. The van der Waals surface area contributed by atoms with Crippen LogP contribution in [0.25, 0.3) is 0 Å². The molecular weight excluding hydrogens is 424 g/mol. The third kappa shape index (κ3) is 5.26. The largest absolute Gasteiger partial charge is 0.337 e. The number of unbranched alkanes of at least 4 members (excludes halogenated alkanes) is 2. The number of rotatable bonds is 10. The Bertz CT molecular complexity index is 832. The molecule has 4 atom stereocenters. The lowest BCUT2D eigenvalue weighted by Crippen LogP contribution is -2.56. The van der Waals surface area contributed by atoms with Crippen LogP contribution in [0.1, 0.15) is 39.0 Å². The van der Waals surface area contributed by atoms with Crippen LogP contribution in [0.5, 0.6) is 0 Å². The van der Waals surface area contributed by atoms with E-state index in [9.17, 15) is 19.6 Å². The number of likely N-dealkylation sites (tertiary alicyclic amines) is 1. The van der Waals surface area contributed by atoms with Gasteiger partial charge in [-0.3, -0.25) is 19.6 Å². The normalized spacial score (nSPS) is 24.9. The first-order valence-electron chi connectivity index (χ1n) is 12.1. The van der Waals surface area contributed by atoms with E-state index in [0.29, 0.717) is 62.5 Å². The molecule has 0 unspecified atom stereocenters. The molecule has 1 aliphatic carbocycles. The summed E-state index contributed by atoms with van der Waals surface area (Å²) in [4.78, 5) is 52.2. The number of nitrogens with zero attached hydrogens (tertiary/aromatic N) is 6. The Morgan fingerprint density at radius 3 is 2.61 bits per heavy atom. The molecule has 1 aromatic heterocycles. The van der Waals surface area contributed by atoms with Crippen LogP contribution in [0.15, 0.2) is 18.5 Å². The quantitative estimate of drug-likeness (QED) is 0.241. The summed E-state index contributed by atoms with van der Waals surface area (Å²) in [5, 5.41) is 10.3. The zero-order chi connectivity index (χ0) is 23.4. The number of carbonyl (C=O) groups is 3. The molecule has 3 amide bonds. The van der Waals surface area contributed by atoms with E-state index in [-0.39, 0.29) is 24.3 Å². The highest BCUT2D eigenvalue weighted by Crippen LogP contribution is 2.50. The van der Waals surface area contributed by atoms with Gasteiger partial charge in [-0.2, -0.15) is 0 Å². The molecule has 33 heavy (non-hydrogen) atoms. The van der Waals surface area contributed by atoms with E-state index in [0.717, 1.165) is 25.7 Å². The standard InChI is InChI=1S/C23H34N6O4/c1-2-3-4-6-17(14-28(33)16-30)21(31)29-15-18-13-19(18)20(29)22(32)26-9-11-27(12-10-26)23-24-7-5-8-25-23/h5,7-8,16-20,33H,2-4,6,9-15H2,1H3/t17-,18+,19+,20+/m1/s1. The topological polar surface area (TPSA) is 110 Å². The Hall–Kier alpha value is -2.75. The van der Waals surface area contributed by atoms with E-state index >= 15 is 0 Å². The fraction of sp³-hybridized carbons (Fsp3) is 0.696. The zero-order valence-corrected chi connectivity index (χ0v) is 19.3. The van der Waals surface area contributed by atoms with Crippen LogP contribution in [0.4, 0.5) is 5.95 Å². The third-order valence-corrected chi connectivity index (χ3v) is 7.15. The van der Waals surface area contributed by atoms with Crippen molar-refractivity contribution in [3.05, 3.63) is 18.5 Å². The van der Waals surface area contributed by atoms with Crippen molar-refractivity contribution in [2.24, 2.45) is 17.8 Å².